The largest absolute Gasteiger partial charge is 0.453 e. The van der Waals surface area contributed by atoms with Gasteiger partial charge in [-0.25, -0.2) is 8.78 Å². The molecular formula is C26H30F2N4O2. The molecule has 6 nitrogen and oxygen atoms in total. The average molecular weight is 469 g/mol. The number of halogens is 2. The van der Waals surface area contributed by atoms with E-state index in [-0.39, 0.29) is 23.7 Å². The molecule has 0 aliphatic carbocycles. The van der Waals surface area contributed by atoms with Gasteiger partial charge < -0.3 is 25.7 Å². The fourth-order valence-electron chi connectivity index (χ4n) is 4.69. The van der Waals surface area contributed by atoms with Gasteiger partial charge in [0.15, 0.2) is 11.6 Å². The van der Waals surface area contributed by atoms with E-state index in [1.165, 1.54) is 13.1 Å². The predicted octanol–water partition coefficient (Wildman–Crippen LogP) is 4.78. The van der Waals surface area contributed by atoms with E-state index in [2.05, 4.69) is 10.6 Å². The minimum Gasteiger partial charge on any atom is -0.453 e. The van der Waals surface area contributed by atoms with Gasteiger partial charge in [0.1, 0.15) is 11.6 Å². The number of amides is 1. The van der Waals surface area contributed by atoms with Gasteiger partial charge >= 0.3 is 0 Å². The maximum Gasteiger partial charge on any atom is 0.224 e. The monoisotopic (exact) mass is 468 g/mol. The molecule has 2 aromatic carbocycles. The summed E-state index contributed by atoms with van der Waals surface area (Å²) in [6, 6.07) is 6.98. The fraction of sp³-hybridized carbons (Fsp3) is 0.385. The molecule has 1 fully saturated rings. The minimum atomic E-state index is -0.689. The Morgan fingerprint density at radius 3 is 2.68 bits per heavy atom. The maximum atomic E-state index is 14.5. The predicted molar refractivity (Wildman–Crippen MR) is 130 cm³/mol. The van der Waals surface area contributed by atoms with Crippen molar-refractivity contribution in [3.05, 3.63) is 59.3 Å². The molecule has 2 heterocycles. The van der Waals surface area contributed by atoms with E-state index in [1.807, 2.05) is 13.0 Å². The van der Waals surface area contributed by atoms with E-state index in [9.17, 15) is 13.6 Å². The van der Waals surface area contributed by atoms with Crippen LogP contribution in [0.25, 0.3) is 5.57 Å². The Kier molecular flexibility index (Phi) is 7.26. The number of fused-ring (bicyclic) bond motifs is 1. The van der Waals surface area contributed by atoms with Crippen LogP contribution in [0.5, 0.6) is 11.5 Å². The molecule has 2 aromatic rings. The zero-order valence-corrected chi connectivity index (χ0v) is 19.5. The zero-order valence-electron chi connectivity index (χ0n) is 19.5. The summed E-state index contributed by atoms with van der Waals surface area (Å²) in [5.74, 6) is -1.30. The summed E-state index contributed by atoms with van der Waals surface area (Å²) < 4.78 is 34.4. The number of carbonyl (C=O) groups excluding carboxylic acids is 1. The van der Waals surface area contributed by atoms with Crippen LogP contribution < -0.4 is 20.3 Å². The zero-order chi connectivity index (χ0) is 24.2. The third-order valence-corrected chi connectivity index (χ3v) is 6.47. The van der Waals surface area contributed by atoms with Gasteiger partial charge in [-0.15, -0.1) is 0 Å². The van der Waals surface area contributed by atoms with Gasteiger partial charge in [0.2, 0.25) is 5.91 Å². The van der Waals surface area contributed by atoms with E-state index < -0.39 is 11.6 Å². The van der Waals surface area contributed by atoms with Crippen LogP contribution in [0, 0.1) is 17.0 Å². The van der Waals surface area contributed by atoms with Crippen molar-refractivity contribution in [1.82, 2.24) is 10.6 Å². The van der Waals surface area contributed by atoms with Gasteiger partial charge in [-0.3, -0.25) is 4.79 Å². The summed E-state index contributed by atoms with van der Waals surface area (Å²) in [5.41, 5.74) is 2.57. The number of piperidine rings is 1. The van der Waals surface area contributed by atoms with Crippen LogP contribution in [-0.4, -0.2) is 37.3 Å². The van der Waals surface area contributed by atoms with Gasteiger partial charge in [0, 0.05) is 54.2 Å². The molecule has 0 saturated carbocycles. The van der Waals surface area contributed by atoms with Crippen molar-refractivity contribution in [2.24, 2.45) is 0 Å². The Bertz CT molecular complexity index is 1110. The first kappa shape index (κ1) is 23.9. The van der Waals surface area contributed by atoms with Gasteiger partial charge in [-0.2, -0.15) is 0 Å². The highest BCUT2D eigenvalue weighted by Gasteiger charge is 2.30. The van der Waals surface area contributed by atoms with Gasteiger partial charge in [-0.05, 0) is 70.0 Å². The second-order valence-electron chi connectivity index (χ2n) is 8.83. The maximum absolute atomic E-state index is 14.5. The Hall–Kier alpha value is -3.26. The van der Waals surface area contributed by atoms with Crippen LogP contribution in [0.2, 0.25) is 0 Å². The number of nitrogens with zero attached hydrogens (tertiary/aromatic N) is 1. The molecule has 8 heteroatoms. The first-order chi connectivity index (χ1) is 16.4. The quantitative estimate of drug-likeness (QED) is 0.534. The van der Waals surface area contributed by atoms with Gasteiger partial charge in [-0.1, -0.05) is 0 Å². The van der Waals surface area contributed by atoms with Crippen molar-refractivity contribution in [3.8, 4) is 11.5 Å². The smallest absolute Gasteiger partial charge is 0.224 e. The number of hydrogen-bond donors (Lipinski definition) is 3. The Balaban J connectivity index is 1.81. The van der Waals surface area contributed by atoms with E-state index in [0.29, 0.717) is 35.4 Å². The molecule has 0 radical (unpaired) electrons. The van der Waals surface area contributed by atoms with Crippen LogP contribution in [0.3, 0.4) is 0 Å². The lowest BCUT2D eigenvalue weighted by Crippen LogP contribution is -2.40. The summed E-state index contributed by atoms with van der Waals surface area (Å²) in [6.45, 7) is 5.35. The molecule has 0 aromatic heterocycles. The van der Waals surface area contributed by atoms with E-state index in [1.54, 1.807) is 17.2 Å². The Labute approximate surface area is 198 Å². The Morgan fingerprint density at radius 2 is 1.97 bits per heavy atom. The highest BCUT2D eigenvalue weighted by Crippen LogP contribution is 2.43. The van der Waals surface area contributed by atoms with E-state index >= 15 is 0 Å². The van der Waals surface area contributed by atoms with Crippen LogP contribution in [0.4, 0.5) is 14.5 Å². The minimum absolute atomic E-state index is 0.00827. The number of ether oxygens (including phenoxy) is 1. The lowest BCUT2D eigenvalue weighted by molar-refractivity contribution is -0.117. The van der Waals surface area contributed by atoms with Crippen LogP contribution in [0.1, 0.15) is 44.2 Å². The molecule has 3 N–H and O–H groups in total. The highest BCUT2D eigenvalue weighted by atomic mass is 19.1. The summed E-state index contributed by atoms with van der Waals surface area (Å²) in [6.07, 6.45) is 6.25. The number of carbonyl (C=O) groups is 1. The molecule has 1 atom stereocenters. The van der Waals surface area contributed by atoms with Crippen molar-refractivity contribution in [2.75, 3.05) is 18.0 Å². The molecule has 1 saturated heterocycles. The number of benzene rings is 2. The number of allylic oxidation sites excluding steroid dienone is 1. The lowest BCUT2D eigenvalue weighted by Gasteiger charge is -2.36. The second-order valence-corrected chi connectivity index (χ2v) is 8.83. The molecule has 1 amide bonds. The third kappa shape index (κ3) is 4.97. The normalized spacial score (nSPS) is 18.9. The number of rotatable bonds is 6. The topological polar surface area (TPSA) is 77.5 Å². The van der Waals surface area contributed by atoms with Crippen molar-refractivity contribution in [2.45, 2.75) is 51.6 Å². The van der Waals surface area contributed by atoms with Crippen LogP contribution >= 0.6 is 0 Å². The standard InChI is InChI=1S/C26H30F2N4O2/c1-16-3-5-22-24(32(16)17(2)33)8-6-21(18(14-29)15-31-20-9-11-30-12-10-20)26(22)34-25-13-19(27)4-7-23(25)28/h4,6-8,13-16,20,29-31H,3,5,9-12H2,1-2H3/b18-15+,29-14?/t16-/m0/s1. The van der Waals surface area contributed by atoms with Crippen molar-refractivity contribution < 1.29 is 18.3 Å². The first-order valence-corrected chi connectivity index (χ1v) is 11.7. The molecule has 2 aliphatic heterocycles. The number of anilines is 1. The lowest BCUT2D eigenvalue weighted by atomic mass is 9.91. The SMILES string of the molecule is CC(=O)N1c2ccc(/C(C=N)=C/NC3CCNCC3)c(Oc3cc(F)ccc3F)c2CC[C@@H]1C. The van der Waals surface area contributed by atoms with Crippen molar-refractivity contribution in [1.29, 1.82) is 5.41 Å². The van der Waals surface area contributed by atoms with Crippen LogP contribution in [-0.2, 0) is 11.2 Å². The molecule has 2 aliphatic rings. The van der Waals surface area contributed by atoms with Crippen LogP contribution in [0.15, 0.2) is 36.5 Å². The average Bonchev–Trinajstić information content (AvgIpc) is 2.83. The molecular weight excluding hydrogens is 438 g/mol. The molecule has 4 rings (SSSR count). The molecule has 34 heavy (non-hydrogen) atoms. The third-order valence-electron chi connectivity index (χ3n) is 6.47. The molecule has 0 bridgehead atoms. The number of hydrogen-bond acceptors (Lipinski definition) is 5. The van der Waals surface area contributed by atoms with Gasteiger partial charge in [0.05, 0.1) is 5.69 Å². The summed E-state index contributed by atoms with van der Waals surface area (Å²) in [4.78, 5) is 14.1. The highest BCUT2D eigenvalue weighted by molar-refractivity contribution is 6.10. The van der Waals surface area contributed by atoms with Gasteiger partial charge in [0.25, 0.3) is 0 Å². The summed E-state index contributed by atoms with van der Waals surface area (Å²) in [5, 5.41) is 14.8. The molecule has 0 unspecified atom stereocenters. The summed E-state index contributed by atoms with van der Waals surface area (Å²) in [7, 11) is 0. The van der Waals surface area contributed by atoms with E-state index in [0.717, 1.165) is 49.7 Å². The summed E-state index contributed by atoms with van der Waals surface area (Å²) >= 11 is 0. The fourth-order valence-corrected chi connectivity index (χ4v) is 4.69. The van der Waals surface area contributed by atoms with Crippen molar-refractivity contribution in [3.63, 3.8) is 0 Å². The Morgan fingerprint density at radius 1 is 1.21 bits per heavy atom. The first-order valence-electron chi connectivity index (χ1n) is 11.7. The molecule has 180 valence electrons. The molecule has 0 spiro atoms. The number of nitrogens with one attached hydrogen (secondary N) is 3. The van der Waals surface area contributed by atoms with E-state index in [4.69, 9.17) is 10.1 Å². The second kappa shape index (κ2) is 10.3. The van der Waals surface area contributed by atoms with Crippen molar-refractivity contribution >= 4 is 23.4 Å².